The van der Waals surface area contributed by atoms with Crippen LogP contribution in [0.1, 0.15) is 24.2 Å². The van der Waals surface area contributed by atoms with E-state index >= 15 is 0 Å². The van der Waals surface area contributed by atoms with Crippen LogP contribution in [0.4, 0.5) is 0 Å². The minimum Gasteiger partial charge on any atom is -0.310 e. The molecule has 0 aromatic carbocycles. The summed E-state index contributed by atoms with van der Waals surface area (Å²) in [5.74, 6) is 0. The summed E-state index contributed by atoms with van der Waals surface area (Å²) in [6, 6.07) is 4.15. The molecule has 18 heavy (non-hydrogen) atoms. The molecule has 2 rings (SSSR count). The number of nitrogens with one attached hydrogen (secondary N) is 1. The van der Waals surface area contributed by atoms with Crippen LogP contribution in [-0.4, -0.2) is 16.3 Å². The number of rotatable bonds is 5. The van der Waals surface area contributed by atoms with Gasteiger partial charge in [0.1, 0.15) is 0 Å². The monoisotopic (exact) mass is 303 g/mol. The highest BCUT2D eigenvalue weighted by molar-refractivity contribution is 7.20. The first-order chi connectivity index (χ1) is 8.56. The molecule has 98 valence electrons. The van der Waals surface area contributed by atoms with Crippen LogP contribution in [0, 0.1) is 0 Å². The number of aromatic nitrogens is 2. The first-order valence-electron chi connectivity index (χ1n) is 5.73. The van der Waals surface area contributed by atoms with Gasteiger partial charge in [0.25, 0.3) is 0 Å². The van der Waals surface area contributed by atoms with Crippen LogP contribution in [0.2, 0.25) is 8.67 Å². The fourth-order valence-electron chi connectivity index (χ4n) is 1.77. The van der Waals surface area contributed by atoms with Crippen molar-refractivity contribution in [2.45, 2.75) is 19.4 Å². The second-order valence-electron chi connectivity index (χ2n) is 4.19. The molecule has 0 aliphatic heterocycles. The molecule has 6 heteroatoms. The van der Waals surface area contributed by atoms with Gasteiger partial charge in [0.15, 0.2) is 0 Å². The van der Waals surface area contributed by atoms with E-state index in [1.807, 2.05) is 30.1 Å². The highest BCUT2D eigenvalue weighted by Gasteiger charge is 2.12. The van der Waals surface area contributed by atoms with E-state index < -0.39 is 0 Å². The van der Waals surface area contributed by atoms with Crippen LogP contribution in [0.5, 0.6) is 0 Å². The molecule has 3 nitrogen and oxygen atoms in total. The second kappa shape index (κ2) is 6.06. The highest BCUT2D eigenvalue weighted by Crippen LogP contribution is 2.34. The number of hydrogen-bond donors (Lipinski definition) is 1. The Labute approximate surface area is 121 Å². The van der Waals surface area contributed by atoms with Gasteiger partial charge in [-0.2, -0.15) is 5.10 Å². The summed E-state index contributed by atoms with van der Waals surface area (Å²) in [6.07, 6.45) is 2.86. The van der Waals surface area contributed by atoms with Gasteiger partial charge in [-0.15, -0.1) is 11.3 Å². The van der Waals surface area contributed by atoms with E-state index in [9.17, 15) is 0 Å². The lowest BCUT2D eigenvalue weighted by molar-refractivity contribution is 0.572. The van der Waals surface area contributed by atoms with Crippen molar-refractivity contribution in [3.05, 3.63) is 38.3 Å². The van der Waals surface area contributed by atoms with Crippen LogP contribution in [-0.2, 0) is 13.5 Å². The lowest BCUT2D eigenvalue weighted by Gasteiger charge is -2.12. The molecule has 0 radical (unpaired) electrons. The summed E-state index contributed by atoms with van der Waals surface area (Å²) in [5.41, 5.74) is 2.15. The van der Waals surface area contributed by atoms with E-state index in [0.29, 0.717) is 0 Å². The Bertz CT molecular complexity index is 521. The maximum Gasteiger partial charge on any atom is 0.0991 e. The van der Waals surface area contributed by atoms with Crippen molar-refractivity contribution in [3.63, 3.8) is 0 Å². The lowest BCUT2D eigenvalue weighted by Crippen LogP contribution is -2.21. The molecule has 1 N–H and O–H groups in total. The molecule has 1 atom stereocenters. The first kappa shape index (κ1) is 13.9. The summed E-state index contributed by atoms with van der Waals surface area (Å²) in [4.78, 5) is 0. The number of aryl methyl sites for hydroxylation is 1. The minimum absolute atomic E-state index is 0.199. The zero-order valence-corrected chi connectivity index (χ0v) is 12.6. The molecular formula is C12H15Cl2N3S. The highest BCUT2D eigenvalue weighted by atomic mass is 35.5. The van der Waals surface area contributed by atoms with Gasteiger partial charge in [0.2, 0.25) is 0 Å². The fourth-order valence-corrected chi connectivity index (χ4v) is 3.42. The zero-order valence-electron chi connectivity index (χ0n) is 10.3. The van der Waals surface area contributed by atoms with Crippen LogP contribution in [0.3, 0.4) is 0 Å². The third-order valence-corrected chi connectivity index (χ3v) is 4.27. The van der Waals surface area contributed by atoms with Gasteiger partial charge < -0.3 is 5.32 Å². The number of thiophene rings is 1. The van der Waals surface area contributed by atoms with Gasteiger partial charge in [-0.1, -0.05) is 23.2 Å². The van der Waals surface area contributed by atoms with E-state index in [4.69, 9.17) is 23.2 Å². The van der Waals surface area contributed by atoms with Crippen molar-refractivity contribution in [2.24, 2.45) is 7.05 Å². The Morgan fingerprint density at radius 3 is 2.83 bits per heavy atom. The largest absolute Gasteiger partial charge is 0.310 e. The molecule has 1 unspecified atom stereocenters. The van der Waals surface area contributed by atoms with Crippen LogP contribution < -0.4 is 5.32 Å². The van der Waals surface area contributed by atoms with Crippen LogP contribution in [0.15, 0.2) is 18.3 Å². The van der Waals surface area contributed by atoms with Gasteiger partial charge in [-0.25, -0.2) is 0 Å². The second-order valence-corrected chi connectivity index (χ2v) is 6.47. The van der Waals surface area contributed by atoms with Gasteiger partial charge in [-0.3, -0.25) is 4.68 Å². The third-order valence-electron chi connectivity index (χ3n) is 2.75. The van der Waals surface area contributed by atoms with E-state index in [1.165, 1.54) is 11.3 Å². The molecule has 2 aromatic heterocycles. The number of nitrogens with zero attached hydrogens (tertiary/aromatic N) is 2. The Kier molecular flexibility index (Phi) is 4.67. The topological polar surface area (TPSA) is 29.9 Å². The molecular weight excluding hydrogens is 289 g/mol. The maximum atomic E-state index is 6.12. The predicted octanol–water partition coefficient (Wildman–Crippen LogP) is 3.68. The summed E-state index contributed by atoms with van der Waals surface area (Å²) >= 11 is 13.5. The fraction of sp³-hybridized carbons (Fsp3) is 0.417. The maximum absolute atomic E-state index is 6.12. The van der Waals surface area contributed by atoms with Crippen molar-refractivity contribution in [3.8, 4) is 0 Å². The average Bonchev–Trinajstić information content (AvgIpc) is 2.85. The lowest BCUT2D eigenvalue weighted by atomic mass is 10.2. The SMILES string of the molecule is CC(NCCc1ccn(C)n1)c1cc(Cl)sc1Cl. The summed E-state index contributed by atoms with van der Waals surface area (Å²) in [7, 11) is 1.92. The van der Waals surface area contributed by atoms with E-state index in [1.54, 1.807) is 0 Å². The molecule has 0 aliphatic rings. The average molecular weight is 304 g/mol. The van der Waals surface area contributed by atoms with Crippen LogP contribution in [0.25, 0.3) is 0 Å². The van der Waals surface area contributed by atoms with Crippen LogP contribution >= 0.6 is 34.5 Å². The van der Waals surface area contributed by atoms with Crippen molar-refractivity contribution in [1.29, 1.82) is 0 Å². The molecule has 0 bridgehead atoms. The van der Waals surface area contributed by atoms with Crippen molar-refractivity contribution < 1.29 is 0 Å². The summed E-state index contributed by atoms with van der Waals surface area (Å²) in [5, 5.41) is 7.76. The predicted molar refractivity (Wildman–Crippen MR) is 77.7 cm³/mol. The molecule has 0 saturated heterocycles. The van der Waals surface area contributed by atoms with Gasteiger partial charge in [-0.05, 0) is 24.6 Å². The molecule has 0 spiro atoms. The Morgan fingerprint density at radius 1 is 1.50 bits per heavy atom. The first-order valence-corrected chi connectivity index (χ1v) is 7.30. The molecule has 0 fully saturated rings. The van der Waals surface area contributed by atoms with Crippen molar-refractivity contribution in [2.75, 3.05) is 6.54 Å². The smallest absolute Gasteiger partial charge is 0.0991 e. The minimum atomic E-state index is 0.199. The Balaban J connectivity index is 1.85. The normalized spacial score (nSPS) is 12.9. The molecule has 0 saturated carbocycles. The third kappa shape index (κ3) is 3.48. The zero-order chi connectivity index (χ0) is 13.1. The Morgan fingerprint density at radius 2 is 2.28 bits per heavy atom. The quantitative estimate of drug-likeness (QED) is 0.913. The number of hydrogen-bond acceptors (Lipinski definition) is 3. The number of halogens is 2. The molecule has 2 heterocycles. The summed E-state index contributed by atoms with van der Waals surface area (Å²) < 4.78 is 3.31. The van der Waals surface area contributed by atoms with E-state index in [0.717, 1.165) is 32.9 Å². The van der Waals surface area contributed by atoms with Gasteiger partial charge in [0, 0.05) is 32.3 Å². The Hall–Kier alpha value is -0.550. The van der Waals surface area contributed by atoms with Crippen molar-refractivity contribution >= 4 is 34.5 Å². The van der Waals surface area contributed by atoms with Gasteiger partial charge >= 0.3 is 0 Å². The summed E-state index contributed by atoms with van der Waals surface area (Å²) in [6.45, 7) is 2.95. The standard InChI is InChI=1S/C12H15Cl2N3S/c1-8(10-7-11(13)18-12(10)14)15-5-3-9-4-6-17(2)16-9/h4,6-8,15H,3,5H2,1-2H3. The molecule has 2 aromatic rings. The van der Waals surface area contributed by atoms with Gasteiger partial charge in [0.05, 0.1) is 14.4 Å². The van der Waals surface area contributed by atoms with Crippen molar-refractivity contribution in [1.82, 2.24) is 15.1 Å². The van der Waals surface area contributed by atoms with E-state index in [2.05, 4.69) is 17.3 Å². The molecule has 0 amide bonds. The molecule has 0 aliphatic carbocycles. The van der Waals surface area contributed by atoms with E-state index in [-0.39, 0.29) is 6.04 Å².